The van der Waals surface area contributed by atoms with E-state index < -0.39 is 0 Å². The van der Waals surface area contributed by atoms with Gasteiger partial charge in [0.1, 0.15) is 0 Å². The maximum atomic E-state index is 12.3. The molecule has 88 valence electrons. The number of Topliss-reactive ketones (excluding diaryl/α,β-unsaturated/α-hetero) is 1. The zero-order chi connectivity index (χ0) is 11.7. The molecule has 2 unspecified atom stereocenters. The summed E-state index contributed by atoms with van der Waals surface area (Å²) in [6, 6.07) is 0. The van der Waals surface area contributed by atoms with Crippen molar-refractivity contribution in [2.75, 3.05) is 0 Å². The molecule has 0 spiro atoms. The zero-order valence-electron chi connectivity index (χ0n) is 10.3. The molecule has 2 rings (SSSR count). The Morgan fingerprint density at radius 3 is 2.44 bits per heavy atom. The highest BCUT2D eigenvalue weighted by Gasteiger charge is 2.30. The van der Waals surface area contributed by atoms with Crippen LogP contribution < -0.4 is 0 Å². The molecule has 0 aromatic carbocycles. The van der Waals surface area contributed by atoms with Crippen LogP contribution in [-0.4, -0.2) is 15.3 Å². The van der Waals surface area contributed by atoms with E-state index in [0.29, 0.717) is 17.7 Å². The second-order valence-electron chi connectivity index (χ2n) is 5.34. The topological polar surface area (TPSA) is 34.9 Å². The van der Waals surface area contributed by atoms with Crippen LogP contribution in [0.2, 0.25) is 0 Å². The Morgan fingerprint density at radius 2 is 1.94 bits per heavy atom. The summed E-state index contributed by atoms with van der Waals surface area (Å²) >= 11 is 0. The predicted octanol–water partition coefficient (Wildman–Crippen LogP) is 2.68. The molecule has 2 atom stereocenters. The van der Waals surface area contributed by atoms with E-state index in [1.807, 2.05) is 17.8 Å². The van der Waals surface area contributed by atoms with Crippen LogP contribution in [0.3, 0.4) is 0 Å². The number of imidazole rings is 1. The van der Waals surface area contributed by atoms with Crippen molar-refractivity contribution in [2.45, 2.75) is 33.1 Å². The molecule has 1 saturated carbocycles. The second kappa shape index (κ2) is 4.40. The van der Waals surface area contributed by atoms with Gasteiger partial charge in [-0.05, 0) is 31.1 Å². The largest absolute Gasteiger partial charge is 0.332 e. The summed E-state index contributed by atoms with van der Waals surface area (Å²) in [6.07, 6.45) is 6.84. The molecule has 0 radical (unpaired) electrons. The van der Waals surface area contributed by atoms with Crippen molar-refractivity contribution in [3.8, 4) is 0 Å². The molecule has 1 aliphatic carbocycles. The lowest BCUT2D eigenvalue weighted by atomic mass is 9.75. The van der Waals surface area contributed by atoms with Gasteiger partial charge in [0, 0.05) is 25.4 Å². The van der Waals surface area contributed by atoms with E-state index in [9.17, 15) is 4.79 Å². The molecule has 3 nitrogen and oxygen atoms in total. The lowest BCUT2D eigenvalue weighted by molar-refractivity contribution is 0.0822. The third-order valence-corrected chi connectivity index (χ3v) is 3.59. The Balaban J connectivity index is 2.13. The van der Waals surface area contributed by atoms with Gasteiger partial charge in [-0.15, -0.1) is 0 Å². The number of hydrogen-bond acceptors (Lipinski definition) is 2. The van der Waals surface area contributed by atoms with Gasteiger partial charge in [0.2, 0.25) is 5.78 Å². The summed E-state index contributed by atoms with van der Waals surface area (Å²) in [5, 5.41) is 0. The first-order valence-corrected chi connectivity index (χ1v) is 6.09. The number of carbonyl (C=O) groups excluding carboxylic acids is 1. The summed E-state index contributed by atoms with van der Waals surface area (Å²) in [6.45, 7) is 4.49. The van der Waals surface area contributed by atoms with E-state index in [0.717, 1.165) is 12.8 Å². The van der Waals surface area contributed by atoms with E-state index in [4.69, 9.17) is 0 Å². The first kappa shape index (κ1) is 11.4. The number of nitrogens with zero attached hydrogens (tertiary/aromatic N) is 2. The number of carbonyl (C=O) groups is 1. The zero-order valence-corrected chi connectivity index (χ0v) is 10.3. The number of hydrogen-bond donors (Lipinski definition) is 0. The van der Waals surface area contributed by atoms with Gasteiger partial charge < -0.3 is 4.57 Å². The molecule has 1 heterocycles. The van der Waals surface area contributed by atoms with Crippen molar-refractivity contribution in [1.29, 1.82) is 0 Å². The van der Waals surface area contributed by atoms with Crippen LogP contribution in [0.5, 0.6) is 0 Å². The highest BCUT2D eigenvalue weighted by Crippen LogP contribution is 2.34. The van der Waals surface area contributed by atoms with Crippen molar-refractivity contribution in [3.63, 3.8) is 0 Å². The minimum absolute atomic E-state index is 0.180. The lowest BCUT2D eigenvalue weighted by Gasteiger charge is -2.30. The van der Waals surface area contributed by atoms with Crippen molar-refractivity contribution >= 4 is 5.78 Å². The van der Waals surface area contributed by atoms with Gasteiger partial charge in [0.05, 0.1) is 0 Å². The van der Waals surface area contributed by atoms with Crippen molar-refractivity contribution < 1.29 is 4.79 Å². The van der Waals surface area contributed by atoms with Gasteiger partial charge in [-0.1, -0.05) is 13.8 Å². The summed E-state index contributed by atoms with van der Waals surface area (Å²) in [5.41, 5.74) is 0. The van der Waals surface area contributed by atoms with Crippen molar-refractivity contribution in [1.82, 2.24) is 9.55 Å². The van der Waals surface area contributed by atoms with Crippen LogP contribution >= 0.6 is 0 Å². The SMILES string of the molecule is CC1CC(C)CC(C(=O)c2nccn2C)C1. The maximum Gasteiger partial charge on any atom is 0.201 e. The fourth-order valence-corrected chi connectivity index (χ4v) is 2.95. The monoisotopic (exact) mass is 220 g/mol. The standard InChI is InChI=1S/C13H20N2O/c1-9-6-10(2)8-11(7-9)12(16)13-14-4-5-15(13)3/h4-5,9-11H,6-8H2,1-3H3. The van der Waals surface area contributed by atoms with Gasteiger partial charge in [-0.25, -0.2) is 4.98 Å². The predicted molar refractivity (Wildman–Crippen MR) is 63.2 cm³/mol. The van der Waals surface area contributed by atoms with Crippen molar-refractivity contribution in [3.05, 3.63) is 18.2 Å². The molecular weight excluding hydrogens is 200 g/mol. The first-order chi connectivity index (χ1) is 7.58. The number of rotatable bonds is 2. The van der Waals surface area contributed by atoms with Crippen LogP contribution in [0.15, 0.2) is 12.4 Å². The molecule has 1 aromatic rings. The normalized spacial score (nSPS) is 30.3. The molecule has 1 aliphatic rings. The van der Waals surface area contributed by atoms with E-state index in [2.05, 4.69) is 18.8 Å². The highest BCUT2D eigenvalue weighted by molar-refractivity contribution is 5.94. The third-order valence-electron chi connectivity index (χ3n) is 3.59. The third kappa shape index (κ3) is 2.18. The number of aryl methyl sites for hydroxylation is 1. The molecule has 0 aliphatic heterocycles. The van der Waals surface area contributed by atoms with Gasteiger partial charge in [-0.3, -0.25) is 4.79 Å². The summed E-state index contributed by atoms with van der Waals surface area (Å²) in [4.78, 5) is 16.4. The summed E-state index contributed by atoms with van der Waals surface area (Å²) in [7, 11) is 1.88. The molecular formula is C13H20N2O. The van der Waals surface area contributed by atoms with E-state index >= 15 is 0 Å². The fraction of sp³-hybridized carbons (Fsp3) is 0.692. The maximum absolute atomic E-state index is 12.3. The minimum Gasteiger partial charge on any atom is -0.332 e. The summed E-state index contributed by atoms with van der Waals surface area (Å²) < 4.78 is 1.83. The molecule has 1 fully saturated rings. The molecule has 3 heteroatoms. The van der Waals surface area contributed by atoms with Crippen LogP contribution in [-0.2, 0) is 7.05 Å². The minimum atomic E-state index is 0.180. The molecule has 0 N–H and O–H groups in total. The molecule has 0 bridgehead atoms. The van der Waals surface area contributed by atoms with E-state index in [-0.39, 0.29) is 11.7 Å². The second-order valence-corrected chi connectivity index (χ2v) is 5.34. The average molecular weight is 220 g/mol. The highest BCUT2D eigenvalue weighted by atomic mass is 16.1. The quantitative estimate of drug-likeness (QED) is 0.718. The molecule has 0 saturated heterocycles. The Bertz CT molecular complexity index is 373. The van der Waals surface area contributed by atoms with Crippen molar-refractivity contribution in [2.24, 2.45) is 24.8 Å². The summed E-state index contributed by atoms with van der Waals surface area (Å²) in [5.74, 6) is 2.35. The first-order valence-electron chi connectivity index (χ1n) is 6.09. The Kier molecular flexibility index (Phi) is 3.13. The van der Waals surface area contributed by atoms with E-state index in [1.165, 1.54) is 6.42 Å². The van der Waals surface area contributed by atoms with Crippen LogP contribution in [0.4, 0.5) is 0 Å². The molecule has 0 amide bonds. The molecule has 16 heavy (non-hydrogen) atoms. The Morgan fingerprint density at radius 1 is 1.31 bits per heavy atom. The van der Waals surface area contributed by atoms with Gasteiger partial charge >= 0.3 is 0 Å². The molecule has 1 aromatic heterocycles. The van der Waals surface area contributed by atoms with Crippen LogP contribution in [0.25, 0.3) is 0 Å². The fourth-order valence-electron chi connectivity index (χ4n) is 2.95. The Hall–Kier alpha value is -1.12. The lowest BCUT2D eigenvalue weighted by Crippen LogP contribution is -2.27. The van der Waals surface area contributed by atoms with E-state index in [1.54, 1.807) is 6.20 Å². The Labute approximate surface area is 96.9 Å². The van der Waals surface area contributed by atoms with Crippen LogP contribution in [0.1, 0.15) is 43.7 Å². The number of ketones is 1. The van der Waals surface area contributed by atoms with Gasteiger partial charge in [0.15, 0.2) is 5.82 Å². The van der Waals surface area contributed by atoms with Gasteiger partial charge in [-0.2, -0.15) is 0 Å². The number of aromatic nitrogens is 2. The van der Waals surface area contributed by atoms with Crippen LogP contribution in [0, 0.1) is 17.8 Å². The van der Waals surface area contributed by atoms with Gasteiger partial charge in [0.25, 0.3) is 0 Å². The average Bonchev–Trinajstić information content (AvgIpc) is 2.62. The smallest absolute Gasteiger partial charge is 0.201 e.